The zero-order valence-electron chi connectivity index (χ0n) is 8.85. The van der Waals surface area contributed by atoms with E-state index < -0.39 is 22.0 Å². The first kappa shape index (κ1) is 12.6. The molecule has 1 heterocycles. The lowest BCUT2D eigenvalue weighted by Crippen LogP contribution is -2.39. The van der Waals surface area contributed by atoms with E-state index in [1.165, 1.54) is 6.92 Å². The van der Waals surface area contributed by atoms with Crippen molar-refractivity contribution in [3.8, 4) is 0 Å². The molecular weight excluding hydrogens is 218 g/mol. The summed E-state index contributed by atoms with van der Waals surface area (Å²) >= 11 is 0. The molecule has 88 valence electrons. The summed E-state index contributed by atoms with van der Waals surface area (Å²) in [6.45, 7) is 5.28. The standard InChI is InChI=1S/C9H17NO4S/c1-8(9(11)12)15(13)7-4-10-2-5-14-6-3-10/h8H,2-7H2,1H3,(H,11,12). The highest BCUT2D eigenvalue weighted by molar-refractivity contribution is 7.86. The van der Waals surface area contributed by atoms with Crippen LogP contribution < -0.4 is 0 Å². The van der Waals surface area contributed by atoms with Gasteiger partial charge >= 0.3 is 5.97 Å². The van der Waals surface area contributed by atoms with Crippen LogP contribution in [0.1, 0.15) is 6.92 Å². The number of hydrogen-bond donors (Lipinski definition) is 1. The van der Waals surface area contributed by atoms with Gasteiger partial charge in [0, 0.05) is 36.2 Å². The fourth-order valence-electron chi connectivity index (χ4n) is 1.33. The van der Waals surface area contributed by atoms with Crippen LogP contribution >= 0.6 is 0 Å². The lowest BCUT2D eigenvalue weighted by atomic mass is 10.4. The van der Waals surface area contributed by atoms with Gasteiger partial charge in [-0.15, -0.1) is 0 Å². The Hall–Kier alpha value is -0.460. The Morgan fingerprint density at radius 2 is 2.13 bits per heavy atom. The van der Waals surface area contributed by atoms with Crippen molar-refractivity contribution in [2.75, 3.05) is 38.6 Å². The summed E-state index contributed by atoms with van der Waals surface area (Å²) in [4.78, 5) is 12.7. The molecule has 6 heteroatoms. The van der Waals surface area contributed by atoms with Gasteiger partial charge in [0.05, 0.1) is 13.2 Å². The van der Waals surface area contributed by atoms with E-state index in [0.29, 0.717) is 25.5 Å². The summed E-state index contributed by atoms with van der Waals surface area (Å²) in [5, 5.41) is 7.89. The second-order valence-electron chi connectivity index (χ2n) is 3.52. The molecule has 0 spiro atoms. The SMILES string of the molecule is CC(C(=O)O)S(=O)CCN1CCOCC1. The molecule has 0 amide bonds. The van der Waals surface area contributed by atoms with Crippen LogP contribution in [0.4, 0.5) is 0 Å². The fourth-order valence-corrected chi connectivity index (χ4v) is 2.35. The first-order chi connectivity index (χ1) is 7.11. The molecule has 0 aliphatic carbocycles. The number of rotatable bonds is 5. The summed E-state index contributed by atoms with van der Waals surface area (Å²) < 4.78 is 16.7. The van der Waals surface area contributed by atoms with Crippen molar-refractivity contribution in [3.63, 3.8) is 0 Å². The Balaban J connectivity index is 2.23. The summed E-state index contributed by atoms with van der Waals surface area (Å²) in [6, 6.07) is 0. The van der Waals surface area contributed by atoms with Crippen LogP contribution in [-0.2, 0) is 20.3 Å². The van der Waals surface area contributed by atoms with Gasteiger partial charge in [0.2, 0.25) is 0 Å². The molecule has 2 atom stereocenters. The maximum atomic E-state index is 11.5. The third kappa shape index (κ3) is 4.27. The lowest BCUT2D eigenvalue weighted by Gasteiger charge is -2.26. The van der Waals surface area contributed by atoms with E-state index in [4.69, 9.17) is 9.84 Å². The topological polar surface area (TPSA) is 66.8 Å². The highest BCUT2D eigenvalue weighted by Gasteiger charge is 2.19. The van der Waals surface area contributed by atoms with Crippen molar-refractivity contribution in [2.45, 2.75) is 12.2 Å². The summed E-state index contributed by atoms with van der Waals surface area (Å²) in [5.74, 6) is -0.566. The van der Waals surface area contributed by atoms with Crippen molar-refractivity contribution in [1.82, 2.24) is 4.90 Å². The summed E-state index contributed by atoms with van der Waals surface area (Å²) in [6.07, 6.45) is 0. The van der Waals surface area contributed by atoms with Crippen molar-refractivity contribution >= 4 is 16.8 Å². The van der Waals surface area contributed by atoms with Crippen molar-refractivity contribution < 1.29 is 18.8 Å². The number of carboxylic acids is 1. The second kappa shape index (κ2) is 6.19. The van der Waals surface area contributed by atoms with Gasteiger partial charge in [-0.2, -0.15) is 0 Å². The van der Waals surface area contributed by atoms with Crippen LogP contribution in [0.2, 0.25) is 0 Å². The van der Waals surface area contributed by atoms with Gasteiger partial charge in [-0.3, -0.25) is 13.9 Å². The summed E-state index contributed by atoms with van der Waals surface area (Å²) in [5.41, 5.74) is 0. The van der Waals surface area contributed by atoms with Gasteiger partial charge < -0.3 is 9.84 Å². The molecule has 0 aromatic carbocycles. The molecule has 1 fully saturated rings. The molecule has 0 aromatic rings. The fraction of sp³-hybridized carbons (Fsp3) is 0.889. The summed E-state index contributed by atoms with van der Waals surface area (Å²) in [7, 11) is -1.28. The molecule has 5 nitrogen and oxygen atoms in total. The van der Waals surface area contributed by atoms with Gasteiger partial charge in [-0.05, 0) is 6.92 Å². The number of morpholine rings is 1. The van der Waals surface area contributed by atoms with Gasteiger partial charge in [0.15, 0.2) is 0 Å². The molecule has 15 heavy (non-hydrogen) atoms. The Kier molecular flexibility index (Phi) is 5.21. The van der Waals surface area contributed by atoms with E-state index in [0.717, 1.165) is 13.1 Å². The van der Waals surface area contributed by atoms with Crippen LogP contribution in [0.5, 0.6) is 0 Å². The third-order valence-electron chi connectivity index (χ3n) is 2.45. The van der Waals surface area contributed by atoms with E-state index in [1.54, 1.807) is 0 Å². The maximum Gasteiger partial charge on any atom is 0.318 e. The van der Waals surface area contributed by atoms with E-state index in [9.17, 15) is 9.00 Å². The predicted octanol–water partition coefficient (Wildman–Crippen LogP) is -0.460. The van der Waals surface area contributed by atoms with Crippen LogP contribution in [0.3, 0.4) is 0 Å². The van der Waals surface area contributed by atoms with Crippen LogP contribution in [-0.4, -0.2) is 64.0 Å². The van der Waals surface area contributed by atoms with Crippen molar-refractivity contribution in [3.05, 3.63) is 0 Å². The van der Waals surface area contributed by atoms with Crippen LogP contribution in [0.15, 0.2) is 0 Å². The number of aliphatic carboxylic acids is 1. The van der Waals surface area contributed by atoms with Gasteiger partial charge in [0.25, 0.3) is 0 Å². The molecular formula is C9H17NO4S. The first-order valence-corrected chi connectivity index (χ1v) is 6.39. The molecule has 1 rings (SSSR count). The van der Waals surface area contributed by atoms with Crippen molar-refractivity contribution in [2.24, 2.45) is 0 Å². The van der Waals surface area contributed by atoms with E-state index in [-0.39, 0.29) is 0 Å². The highest BCUT2D eigenvalue weighted by Crippen LogP contribution is 2.00. The second-order valence-corrected chi connectivity index (χ2v) is 5.40. The number of nitrogens with zero attached hydrogens (tertiary/aromatic N) is 1. The van der Waals surface area contributed by atoms with Gasteiger partial charge in [-0.25, -0.2) is 0 Å². The monoisotopic (exact) mass is 235 g/mol. The highest BCUT2D eigenvalue weighted by atomic mass is 32.2. The molecule has 1 N–H and O–H groups in total. The third-order valence-corrected chi connectivity index (χ3v) is 4.03. The predicted molar refractivity (Wildman–Crippen MR) is 57.4 cm³/mol. The molecule has 0 bridgehead atoms. The minimum absolute atomic E-state index is 0.424. The molecule has 2 unspecified atom stereocenters. The molecule has 0 radical (unpaired) electrons. The quantitative estimate of drug-likeness (QED) is 0.698. The zero-order chi connectivity index (χ0) is 11.3. The average molecular weight is 235 g/mol. The Labute approximate surface area is 91.9 Å². The van der Waals surface area contributed by atoms with E-state index in [2.05, 4.69) is 4.90 Å². The first-order valence-electron chi connectivity index (χ1n) is 5.01. The van der Waals surface area contributed by atoms with Crippen molar-refractivity contribution in [1.29, 1.82) is 0 Å². The molecule has 1 aliphatic rings. The largest absolute Gasteiger partial charge is 0.480 e. The minimum atomic E-state index is -1.28. The lowest BCUT2D eigenvalue weighted by molar-refractivity contribution is -0.136. The van der Waals surface area contributed by atoms with E-state index in [1.807, 2.05) is 0 Å². The van der Waals surface area contributed by atoms with Gasteiger partial charge in [0.1, 0.15) is 5.25 Å². The zero-order valence-corrected chi connectivity index (χ0v) is 9.66. The Bertz CT molecular complexity index is 240. The number of carbonyl (C=O) groups is 1. The van der Waals surface area contributed by atoms with Gasteiger partial charge in [-0.1, -0.05) is 0 Å². The number of carboxylic acid groups (broad SMARTS) is 1. The minimum Gasteiger partial charge on any atom is -0.480 e. The molecule has 0 aromatic heterocycles. The number of ether oxygens (including phenoxy) is 1. The van der Waals surface area contributed by atoms with Crippen LogP contribution in [0.25, 0.3) is 0 Å². The van der Waals surface area contributed by atoms with Crippen LogP contribution in [0, 0.1) is 0 Å². The molecule has 1 aliphatic heterocycles. The maximum absolute atomic E-state index is 11.5. The van der Waals surface area contributed by atoms with E-state index >= 15 is 0 Å². The molecule has 0 saturated carbocycles. The smallest absolute Gasteiger partial charge is 0.318 e. The Morgan fingerprint density at radius 1 is 1.53 bits per heavy atom. The molecule has 1 saturated heterocycles. The number of hydrogen-bond acceptors (Lipinski definition) is 4. The average Bonchev–Trinajstić information content (AvgIpc) is 2.26. The Morgan fingerprint density at radius 3 is 2.67 bits per heavy atom. The normalized spacial score (nSPS) is 22.2.